The molecule has 1 heterocycles. The Kier molecular flexibility index (Phi) is 2.84. The van der Waals surface area contributed by atoms with Gasteiger partial charge in [-0.3, -0.25) is 0 Å². The topological polar surface area (TPSA) is 60.2 Å². The minimum Gasteiger partial charge on any atom is -0.325 e. The van der Waals surface area contributed by atoms with Crippen molar-refractivity contribution in [3.05, 3.63) is 0 Å². The predicted molar refractivity (Wildman–Crippen MR) is 61.3 cm³/mol. The van der Waals surface area contributed by atoms with Gasteiger partial charge in [-0.05, 0) is 31.1 Å². The van der Waals surface area contributed by atoms with E-state index < -0.39 is 9.84 Å². The van der Waals surface area contributed by atoms with Crippen molar-refractivity contribution < 1.29 is 8.42 Å². The molecule has 4 heteroatoms. The Morgan fingerprint density at radius 1 is 1.33 bits per heavy atom. The van der Waals surface area contributed by atoms with Crippen LogP contribution in [0, 0.1) is 11.8 Å². The fraction of sp³-hybridized carbons (Fsp3) is 1.00. The van der Waals surface area contributed by atoms with Crippen LogP contribution in [0.25, 0.3) is 0 Å². The molecule has 2 rings (SSSR count). The lowest BCUT2D eigenvalue weighted by molar-refractivity contribution is 0.173. The van der Waals surface area contributed by atoms with E-state index in [-0.39, 0.29) is 11.5 Å². The van der Waals surface area contributed by atoms with Crippen LogP contribution in [-0.2, 0) is 9.84 Å². The van der Waals surface area contributed by atoms with Gasteiger partial charge in [0.05, 0.1) is 11.5 Å². The van der Waals surface area contributed by atoms with Gasteiger partial charge in [-0.2, -0.15) is 0 Å². The molecule has 2 fully saturated rings. The number of nitrogens with two attached hydrogens (primary N) is 1. The van der Waals surface area contributed by atoms with Gasteiger partial charge >= 0.3 is 0 Å². The molecular weight excluding hydrogens is 210 g/mol. The van der Waals surface area contributed by atoms with Crippen LogP contribution >= 0.6 is 0 Å². The molecule has 0 aromatic carbocycles. The number of hydrogen-bond donors (Lipinski definition) is 1. The van der Waals surface area contributed by atoms with Crippen molar-refractivity contribution in [3.8, 4) is 0 Å². The zero-order chi connectivity index (χ0) is 11.1. The molecule has 3 atom stereocenters. The molecule has 3 nitrogen and oxygen atoms in total. The third kappa shape index (κ3) is 2.36. The molecule has 88 valence electrons. The van der Waals surface area contributed by atoms with E-state index in [0.29, 0.717) is 17.4 Å². The maximum absolute atomic E-state index is 11.5. The van der Waals surface area contributed by atoms with Gasteiger partial charge in [0, 0.05) is 5.54 Å². The first-order valence-electron chi connectivity index (χ1n) is 5.91. The van der Waals surface area contributed by atoms with Gasteiger partial charge in [0.15, 0.2) is 9.84 Å². The lowest BCUT2D eigenvalue weighted by atomic mass is 9.70. The lowest BCUT2D eigenvalue weighted by Crippen LogP contribution is -2.50. The fourth-order valence-corrected chi connectivity index (χ4v) is 5.17. The molecule has 1 saturated carbocycles. The van der Waals surface area contributed by atoms with Crippen molar-refractivity contribution in [2.75, 3.05) is 11.5 Å². The van der Waals surface area contributed by atoms with Crippen LogP contribution in [0.2, 0.25) is 0 Å². The van der Waals surface area contributed by atoms with Crippen molar-refractivity contribution in [2.24, 2.45) is 17.6 Å². The van der Waals surface area contributed by atoms with Gasteiger partial charge < -0.3 is 5.73 Å². The summed E-state index contributed by atoms with van der Waals surface area (Å²) < 4.78 is 22.9. The summed E-state index contributed by atoms with van der Waals surface area (Å²) in [5.74, 6) is 1.55. The molecule has 0 aromatic heterocycles. The zero-order valence-electron chi connectivity index (χ0n) is 9.41. The Morgan fingerprint density at radius 2 is 2.07 bits per heavy atom. The zero-order valence-corrected chi connectivity index (χ0v) is 10.2. The first-order chi connectivity index (χ1) is 6.91. The monoisotopic (exact) mass is 231 g/mol. The highest BCUT2D eigenvalue weighted by molar-refractivity contribution is 7.91. The van der Waals surface area contributed by atoms with Crippen LogP contribution in [0.5, 0.6) is 0 Å². The fourth-order valence-electron chi connectivity index (χ4n) is 3.25. The number of hydrogen-bond acceptors (Lipinski definition) is 3. The van der Waals surface area contributed by atoms with Crippen LogP contribution < -0.4 is 5.73 Å². The summed E-state index contributed by atoms with van der Waals surface area (Å²) in [7, 11) is -2.78. The van der Waals surface area contributed by atoms with Crippen molar-refractivity contribution in [1.29, 1.82) is 0 Å². The molecule has 0 radical (unpaired) electrons. The minimum atomic E-state index is -2.78. The van der Waals surface area contributed by atoms with E-state index in [0.717, 1.165) is 25.7 Å². The quantitative estimate of drug-likeness (QED) is 0.740. The average molecular weight is 231 g/mol. The van der Waals surface area contributed by atoms with E-state index >= 15 is 0 Å². The van der Waals surface area contributed by atoms with Crippen molar-refractivity contribution >= 4 is 9.84 Å². The molecule has 1 saturated heterocycles. The summed E-state index contributed by atoms with van der Waals surface area (Å²) in [4.78, 5) is 0. The molecular formula is C11H21NO2S. The Labute approximate surface area is 92.3 Å². The maximum atomic E-state index is 11.5. The first kappa shape index (κ1) is 11.4. The summed E-state index contributed by atoms with van der Waals surface area (Å²) in [6.45, 7) is 2.23. The Balaban J connectivity index is 2.09. The maximum Gasteiger partial charge on any atom is 0.150 e. The van der Waals surface area contributed by atoms with Crippen molar-refractivity contribution in [1.82, 2.24) is 0 Å². The van der Waals surface area contributed by atoms with Gasteiger partial charge in [-0.15, -0.1) is 0 Å². The molecule has 15 heavy (non-hydrogen) atoms. The van der Waals surface area contributed by atoms with Crippen LogP contribution in [0.1, 0.15) is 39.0 Å². The summed E-state index contributed by atoms with van der Waals surface area (Å²) in [6.07, 6.45) is 5.21. The van der Waals surface area contributed by atoms with Crippen LogP contribution in [0.15, 0.2) is 0 Å². The van der Waals surface area contributed by atoms with Crippen LogP contribution in [-0.4, -0.2) is 25.5 Å². The van der Waals surface area contributed by atoms with E-state index in [1.807, 2.05) is 0 Å². The second-order valence-electron chi connectivity index (χ2n) is 5.53. The third-order valence-corrected chi connectivity index (χ3v) is 5.88. The highest BCUT2D eigenvalue weighted by atomic mass is 32.2. The van der Waals surface area contributed by atoms with Gasteiger partial charge in [0.2, 0.25) is 0 Å². The molecule has 2 aliphatic rings. The largest absolute Gasteiger partial charge is 0.325 e. The smallest absolute Gasteiger partial charge is 0.150 e. The second kappa shape index (κ2) is 3.74. The highest BCUT2D eigenvalue weighted by Crippen LogP contribution is 2.39. The Morgan fingerprint density at radius 3 is 2.60 bits per heavy atom. The molecule has 0 amide bonds. The van der Waals surface area contributed by atoms with Gasteiger partial charge in [-0.25, -0.2) is 8.42 Å². The van der Waals surface area contributed by atoms with Gasteiger partial charge in [0.25, 0.3) is 0 Å². The molecule has 1 aliphatic carbocycles. The summed E-state index contributed by atoms with van der Waals surface area (Å²) >= 11 is 0. The SMILES string of the molecule is CC1CCCC(N)(C2CCS(=O)(=O)C2)C1. The van der Waals surface area contributed by atoms with E-state index in [2.05, 4.69) is 6.92 Å². The minimum absolute atomic E-state index is 0.193. The number of sulfone groups is 1. The summed E-state index contributed by atoms with van der Waals surface area (Å²) in [6, 6.07) is 0. The van der Waals surface area contributed by atoms with Gasteiger partial charge in [-0.1, -0.05) is 19.8 Å². The normalized spacial score (nSPS) is 45.5. The van der Waals surface area contributed by atoms with E-state index in [1.165, 1.54) is 6.42 Å². The average Bonchev–Trinajstić information content (AvgIpc) is 2.46. The molecule has 0 aromatic rings. The third-order valence-electron chi connectivity index (χ3n) is 4.11. The van der Waals surface area contributed by atoms with E-state index in [4.69, 9.17) is 5.73 Å². The Bertz CT molecular complexity index is 338. The van der Waals surface area contributed by atoms with Crippen LogP contribution in [0.3, 0.4) is 0 Å². The van der Waals surface area contributed by atoms with Crippen LogP contribution in [0.4, 0.5) is 0 Å². The highest BCUT2D eigenvalue weighted by Gasteiger charge is 2.43. The molecule has 1 aliphatic heterocycles. The van der Waals surface area contributed by atoms with E-state index in [9.17, 15) is 8.42 Å². The second-order valence-corrected chi connectivity index (χ2v) is 7.76. The summed E-state index contributed by atoms with van der Waals surface area (Å²) in [5, 5.41) is 0. The molecule has 3 unspecified atom stereocenters. The molecule has 2 N–H and O–H groups in total. The van der Waals surface area contributed by atoms with Crippen molar-refractivity contribution in [2.45, 2.75) is 44.6 Å². The van der Waals surface area contributed by atoms with Gasteiger partial charge in [0.1, 0.15) is 0 Å². The predicted octanol–water partition coefficient (Wildman–Crippen LogP) is 1.33. The molecule has 0 bridgehead atoms. The summed E-state index contributed by atoms with van der Waals surface area (Å²) in [5.41, 5.74) is 6.22. The Hall–Kier alpha value is -0.0900. The number of rotatable bonds is 1. The lowest BCUT2D eigenvalue weighted by Gasteiger charge is -2.41. The van der Waals surface area contributed by atoms with E-state index in [1.54, 1.807) is 0 Å². The first-order valence-corrected chi connectivity index (χ1v) is 7.73. The molecule has 0 spiro atoms. The van der Waals surface area contributed by atoms with Crippen molar-refractivity contribution in [3.63, 3.8) is 0 Å². The standard InChI is InChI=1S/C11H21NO2S/c1-9-3-2-5-11(12,7-9)10-4-6-15(13,14)8-10/h9-10H,2-8,12H2,1H3.